The van der Waals surface area contributed by atoms with Gasteiger partial charge >= 0.3 is 0 Å². The SMILES string of the molecule is COc1cc(C2=C(C(N)=O)C(c3cccs3)NC(=S)N2)cc(OC)c1OC. The van der Waals surface area contributed by atoms with Gasteiger partial charge in [0.25, 0.3) is 0 Å². The lowest BCUT2D eigenvalue weighted by atomic mass is 9.96. The molecule has 1 aliphatic rings. The summed E-state index contributed by atoms with van der Waals surface area (Å²) in [6.45, 7) is 0. The third-order valence-electron chi connectivity index (χ3n) is 4.12. The lowest BCUT2D eigenvalue weighted by Gasteiger charge is -2.30. The maximum atomic E-state index is 12.3. The monoisotopic (exact) mass is 405 g/mol. The van der Waals surface area contributed by atoms with Crippen LogP contribution in [0.4, 0.5) is 0 Å². The third kappa shape index (κ3) is 3.56. The highest BCUT2D eigenvalue weighted by Gasteiger charge is 2.32. The van der Waals surface area contributed by atoms with E-state index in [9.17, 15) is 4.79 Å². The van der Waals surface area contributed by atoms with E-state index in [1.165, 1.54) is 32.7 Å². The molecule has 142 valence electrons. The van der Waals surface area contributed by atoms with Crippen LogP contribution in [0.3, 0.4) is 0 Å². The number of carbonyl (C=O) groups excluding carboxylic acids is 1. The fourth-order valence-electron chi connectivity index (χ4n) is 2.95. The summed E-state index contributed by atoms with van der Waals surface area (Å²) in [5.41, 5.74) is 7.25. The number of nitrogens with two attached hydrogens (primary N) is 1. The molecule has 1 atom stereocenters. The van der Waals surface area contributed by atoms with Crippen LogP contribution in [0.15, 0.2) is 35.2 Å². The van der Waals surface area contributed by atoms with E-state index in [-0.39, 0.29) is 0 Å². The van der Waals surface area contributed by atoms with Gasteiger partial charge in [-0.2, -0.15) is 0 Å². The van der Waals surface area contributed by atoms with Gasteiger partial charge in [0, 0.05) is 10.4 Å². The molecule has 0 saturated heterocycles. The molecule has 4 N–H and O–H groups in total. The number of ether oxygens (including phenoxy) is 3. The van der Waals surface area contributed by atoms with Gasteiger partial charge in [-0.05, 0) is 35.8 Å². The Hall–Kier alpha value is -2.78. The summed E-state index contributed by atoms with van der Waals surface area (Å²) in [5.74, 6) is 0.820. The third-order valence-corrected chi connectivity index (χ3v) is 5.28. The Bertz CT molecular complexity index is 884. The van der Waals surface area contributed by atoms with E-state index in [0.717, 1.165) is 4.88 Å². The van der Waals surface area contributed by atoms with Gasteiger partial charge in [-0.3, -0.25) is 4.79 Å². The fraction of sp³-hybridized carbons (Fsp3) is 0.222. The van der Waals surface area contributed by atoms with Crippen molar-refractivity contribution in [1.82, 2.24) is 10.6 Å². The first-order valence-electron chi connectivity index (χ1n) is 7.95. The molecule has 3 rings (SSSR count). The van der Waals surface area contributed by atoms with E-state index in [2.05, 4.69) is 10.6 Å². The molecule has 1 aliphatic heterocycles. The number of benzene rings is 1. The molecule has 0 aliphatic carbocycles. The molecule has 7 nitrogen and oxygen atoms in total. The maximum absolute atomic E-state index is 12.3. The maximum Gasteiger partial charge on any atom is 0.249 e. The van der Waals surface area contributed by atoms with Crippen LogP contribution in [0.5, 0.6) is 17.2 Å². The summed E-state index contributed by atoms with van der Waals surface area (Å²) in [6, 6.07) is 6.87. The van der Waals surface area contributed by atoms with Crippen molar-refractivity contribution >= 4 is 40.3 Å². The first kappa shape index (κ1) is 19.0. The Balaban J connectivity index is 2.24. The Morgan fingerprint density at radius 2 is 1.85 bits per heavy atom. The van der Waals surface area contributed by atoms with Crippen molar-refractivity contribution in [1.29, 1.82) is 0 Å². The van der Waals surface area contributed by atoms with Crippen LogP contribution in [-0.2, 0) is 4.79 Å². The molecule has 1 amide bonds. The summed E-state index contributed by atoms with van der Waals surface area (Å²) >= 11 is 6.86. The van der Waals surface area contributed by atoms with Gasteiger partial charge in [-0.1, -0.05) is 6.07 Å². The molecule has 0 fully saturated rings. The van der Waals surface area contributed by atoms with E-state index in [1.54, 1.807) is 12.1 Å². The van der Waals surface area contributed by atoms with Gasteiger partial charge < -0.3 is 30.6 Å². The molecule has 1 aromatic carbocycles. The van der Waals surface area contributed by atoms with Crippen LogP contribution >= 0.6 is 23.6 Å². The van der Waals surface area contributed by atoms with Crippen molar-refractivity contribution in [3.05, 3.63) is 45.7 Å². The van der Waals surface area contributed by atoms with Crippen molar-refractivity contribution in [3.63, 3.8) is 0 Å². The number of nitrogens with one attached hydrogen (secondary N) is 2. The Morgan fingerprint density at radius 3 is 2.33 bits per heavy atom. The van der Waals surface area contributed by atoms with E-state index in [0.29, 0.717) is 39.2 Å². The lowest BCUT2D eigenvalue weighted by Crippen LogP contribution is -2.45. The number of rotatable bonds is 6. The van der Waals surface area contributed by atoms with Gasteiger partial charge in [0.2, 0.25) is 11.7 Å². The molecule has 2 aromatic rings. The summed E-state index contributed by atoms with van der Waals surface area (Å²) in [5, 5.41) is 8.48. The highest BCUT2D eigenvalue weighted by molar-refractivity contribution is 7.80. The van der Waals surface area contributed by atoms with Crippen LogP contribution in [-0.4, -0.2) is 32.3 Å². The van der Waals surface area contributed by atoms with Crippen LogP contribution in [0.2, 0.25) is 0 Å². The Kier molecular flexibility index (Phi) is 5.52. The van der Waals surface area contributed by atoms with Crippen molar-refractivity contribution < 1.29 is 19.0 Å². The Morgan fingerprint density at radius 1 is 1.19 bits per heavy atom. The number of carbonyl (C=O) groups is 1. The van der Waals surface area contributed by atoms with Gasteiger partial charge in [-0.15, -0.1) is 11.3 Å². The first-order chi connectivity index (χ1) is 13.0. The molecular formula is C18H19N3O4S2. The average Bonchev–Trinajstić information content (AvgIpc) is 3.20. The van der Waals surface area contributed by atoms with Crippen LogP contribution in [0.1, 0.15) is 16.5 Å². The number of thiocarbonyl (C=S) groups is 1. The highest BCUT2D eigenvalue weighted by atomic mass is 32.1. The molecule has 0 bridgehead atoms. The minimum Gasteiger partial charge on any atom is -0.493 e. The second-order valence-electron chi connectivity index (χ2n) is 5.61. The standard InChI is InChI=1S/C18H19N3O4S2/c1-23-10-7-9(8-11(24-2)16(10)25-3)14-13(17(19)22)15(21-18(26)20-14)12-5-4-6-27-12/h4-8,15H,1-3H3,(H2,19,22)(H2,20,21,26). The van der Waals surface area contributed by atoms with Gasteiger partial charge in [0.05, 0.1) is 38.6 Å². The van der Waals surface area contributed by atoms with Crippen LogP contribution in [0.25, 0.3) is 5.70 Å². The van der Waals surface area contributed by atoms with Crippen LogP contribution in [0, 0.1) is 0 Å². The number of thiophene rings is 1. The number of hydrogen-bond donors (Lipinski definition) is 3. The zero-order valence-corrected chi connectivity index (χ0v) is 16.6. The van der Waals surface area contributed by atoms with Crippen molar-refractivity contribution in [2.24, 2.45) is 5.73 Å². The predicted octanol–water partition coefficient (Wildman–Crippen LogP) is 2.19. The minimum atomic E-state index is -0.556. The normalized spacial score (nSPS) is 16.4. The van der Waals surface area contributed by atoms with Gasteiger partial charge in [0.15, 0.2) is 16.6 Å². The largest absolute Gasteiger partial charge is 0.493 e. The van der Waals surface area contributed by atoms with Gasteiger partial charge in [0.1, 0.15) is 0 Å². The van der Waals surface area contributed by atoms with E-state index in [1.807, 2.05) is 17.5 Å². The zero-order valence-electron chi connectivity index (χ0n) is 15.0. The molecule has 9 heteroatoms. The molecule has 0 spiro atoms. The Labute approximate surface area is 166 Å². The smallest absolute Gasteiger partial charge is 0.249 e. The molecule has 27 heavy (non-hydrogen) atoms. The summed E-state index contributed by atoms with van der Waals surface area (Å²) in [7, 11) is 4.58. The number of amides is 1. The van der Waals surface area contributed by atoms with Crippen molar-refractivity contribution in [2.45, 2.75) is 6.04 Å². The topological polar surface area (TPSA) is 94.8 Å². The first-order valence-corrected chi connectivity index (χ1v) is 9.24. The fourth-order valence-corrected chi connectivity index (χ4v) is 3.96. The lowest BCUT2D eigenvalue weighted by molar-refractivity contribution is -0.114. The number of methoxy groups -OCH3 is 3. The van der Waals surface area contributed by atoms with Crippen molar-refractivity contribution in [2.75, 3.05) is 21.3 Å². The average molecular weight is 406 g/mol. The van der Waals surface area contributed by atoms with E-state index < -0.39 is 11.9 Å². The number of hydrogen-bond acceptors (Lipinski definition) is 6. The molecule has 1 unspecified atom stereocenters. The van der Waals surface area contributed by atoms with Crippen molar-refractivity contribution in [3.8, 4) is 17.2 Å². The highest BCUT2D eigenvalue weighted by Crippen LogP contribution is 2.41. The molecule has 2 heterocycles. The quantitative estimate of drug-likeness (QED) is 0.634. The van der Waals surface area contributed by atoms with Gasteiger partial charge in [-0.25, -0.2) is 0 Å². The summed E-state index contributed by atoms with van der Waals surface area (Å²) < 4.78 is 16.2. The predicted molar refractivity (Wildman–Crippen MR) is 108 cm³/mol. The second kappa shape index (κ2) is 7.85. The second-order valence-corrected chi connectivity index (χ2v) is 7.00. The molecular weight excluding hydrogens is 386 g/mol. The summed E-state index contributed by atoms with van der Waals surface area (Å²) in [6.07, 6.45) is 0. The van der Waals surface area contributed by atoms with Crippen LogP contribution < -0.4 is 30.6 Å². The number of primary amides is 1. The zero-order chi connectivity index (χ0) is 19.6. The molecule has 0 saturated carbocycles. The van der Waals surface area contributed by atoms with E-state index >= 15 is 0 Å². The molecule has 0 radical (unpaired) electrons. The summed E-state index contributed by atoms with van der Waals surface area (Å²) in [4.78, 5) is 13.3. The molecule has 1 aromatic heterocycles. The minimum absolute atomic E-state index is 0.375. The van der Waals surface area contributed by atoms with E-state index in [4.69, 9.17) is 32.2 Å².